The summed E-state index contributed by atoms with van der Waals surface area (Å²) in [4.78, 5) is 43.6. The minimum Gasteiger partial charge on any atom is -0.454 e. The van der Waals surface area contributed by atoms with E-state index in [1.54, 1.807) is 23.3 Å². The lowest BCUT2D eigenvalue weighted by Gasteiger charge is -2.42. The predicted molar refractivity (Wildman–Crippen MR) is 140 cm³/mol. The molecule has 1 N–H and O–H groups in total. The number of carbonyl (C=O) groups is 2. The molecule has 0 saturated carbocycles. The molecule has 5 rings (SSSR count). The molecule has 2 atom stereocenters. The van der Waals surface area contributed by atoms with Crippen LogP contribution >= 0.6 is 0 Å². The number of anilines is 1. The minimum absolute atomic E-state index is 0.0456. The first kappa shape index (κ1) is 25.5. The van der Waals surface area contributed by atoms with Crippen LogP contribution in [0.15, 0.2) is 43.0 Å². The summed E-state index contributed by atoms with van der Waals surface area (Å²) in [5.74, 6) is 2.44. The number of aromatic nitrogens is 4. The molecule has 2 aliphatic rings. The second kappa shape index (κ2) is 10.7. The fourth-order valence-corrected chi connectivity index (χ4v) is 4.83. The summed E-state index contributed by atoms with van der Waals surface area (Å²) in [5.41, 5.74) is 1.75. The van der Waals surface area contributed by atoms with Crippen LogP contribution in [0.25, 0.3) is 5.95 Å². The first-order valence-corrected chi connectivity index (χ1v) is 12.9. The Morgan fingerprint density at radius 2 is 1.92 bits per heavy atom. The zero-order chi connectivity index (χ0) is 26.8. The Morgan fingerprint density at radius 3 is 2.68 bits per heavy atom. The zero-order valence-corrected chi connectivity index (χ0v) is 22.1. The van der Waals surface area contributed by atoms with Gasteiger partial charge in [0, 0.05) is 56.1 Å². The second-order valence-electron chi connectivity index (χ2n) is 10.0. The third-order valence-electron chi connectivity index (χ3n) is 6.84. The predicted octanol–water partition coefficient (Wildman–Crippen LogP) is 2.64. The first-order chi connectivity index (χ1) is 18.3. The highest BCUT2D eigenvalue weighted by atomic mass is 16.7. The monoisotopic (exact) mass is 519 g/mol. The van der Waals surface area contributed by atoms with Gasteiger partial charge >= 0.3 is 0 Å². The van der Waals surface area contributed by atoms with Crippen LogP contribution in [0, 0.1) is 12.8 Å². The average molecular weight is 520 g/mol. The van der Waals surface area contributed by atoms with Crippen LogP contribution in [0.3, 0.4) is 0 Å². The van der Waals surface area contributed by atoms with Crippen LogP contribution in [-0.4, -0.2) is 68.7 Å². The summed E-state index contributed by atoms with van der Waals surface area (Å²) in [6.07, 6.45) is 5.32. The Kier molecular flexibility index (Phi) is 7.17. The van der Waals surface area contributed by atoms with E-state index in [9.17, 15) is 9.59 Å². The van der Waals surface area contributed by atoms with Gasteiger partial charge in [-0.1, -0.05) is 19.9 Å². The van der Waals surface area contributed by atoms with E-state index in [0.29, 0.717) is 37.1 Å². The van der Waals surface area contributed by atoms with E-state index in [1.807, 2.05) is 56.9 Å². The van der Waals surface area contributed by atoms with Crippen molar-refractivity contribution in [1.82, 2.24) is 29.7 Å². The van der Waals surface area contributed by atoms with E-state index < -0.39 is 0 Å². The van der Waals surface area contributed by atoms with Crippen molar-refractivity contribution in [3.05, 3.63) is 54.2 Å². The Morgan fingerprint density at radius 1 is 1.11 bits per heavy atom. The summed E-state index contributed by atoms with van der Waals surface area (Å²) in [5, 5.41) is 3.09. The summed E-state index contributed by atoms with van der Waals surface area (Å²) in [6.45, 7) is 9.45. The smallest absolute Gasteiger partial charge is 0.237 e. The van der Waals surface area contributed by atoms with E-state index in [0.717, 1.165) is 17.1 Å². The molecule has 11 nitrogen and oxygen atoms in total. The number of ether oxygens (including phenoxy) is 2. The Hall–Kier alpha value is -4.15. The fraction of sp³-hybridized carbons (Fsp3) is 0.444. The van der Waals surface area contributed by atoms with Gasteiger partial charge in [0.05, 0.1) is 12.1 Å². The van der Waals surface area contributed by atoms with Crippen molar-refractivity contribution in [2.75, 3.05) is 31.3 Å². The Balaban J connectivity index is 1.32. The zero-order valence-electron chi connectivity index (χ0n) is 22.1. The van der Waals surface area contributed by atoms with Crippen LogP contribution in [-0.2, 0) is 9.59 Å². The van der Waals surface area contributed by atoms with Crippen LogP contribution in [0.2, 0.25) is 0 Å². The van der Waals surface area contributed by atoms with Crippen LogP contribution in [0.1, 0.15) is 44.5 Å². The number of hydrogen-bond acceptors (Lipinski definition) is 8. The molecule has 2 amide bonds. The van der Waals surface area contributed by atoms with Crippen molar-refractivity contribution < 1.29 is 19.1 Å². The molecule has 11 heteroatoms. The highest BCUT2D eigenvalue weighted by Gasteiger charge is 2.34. The number of aryl methyl sites for hydroxylation is 1. The topological polar surface area (TPSA) is 115 Å². The molecule has 2 aliphatic heterocycles. The number of hydrogen-bond donors (Lipinski definition) is 1. The van der Waals surface area contributed by atoms with E-state index in [4.69, 9.17) is 14.5 Å². The number of imidazole rings is 1. The standard InChI is InChI=1S/C27H33N7O4/c1-17(2)26(36)34-10-9-32(24-11-18(3)29-27(31-24)33-8-7-28-15-33)14-21(34)13-25(35)30-19(4)20-5-6-22-23(12-20)38-16-37-22/h5-8,11-12,15,17,19,21H,9-10,13-14,16H2,1-4H3,(H,30,35). The van der Waals surface area contributed by atoms with E-state index >= 15 is 0 Å². The van der Waals surface area contributed by atoms with Crippen molar-refractivity contribution in [2.24, 2.45) is 5.92 Å². The molecule has 0 spiro atoms. The number of benzene rings is 1. The quantitative estimate of drug-likeness (QED) is 0.507. The molecule has 1 fully saturated rings. The normalized spacial score (nSPS) is 17.6. The van der Waals surface area contributed by atoms with Crippen molar-refractivity contribution in [1.29, 1.82) is 0 Å². The SMILES string of the molecule is Cc1cc(N2CCN(C(=O)C(C)C)C(CC(=O)NC(C)c3ccc4c(c3)OCO4)C2)nc(-n2ccnc2)n1. The Bertz CT molecular complexity index is 1310. The molecule has 0 bridgehead atoms. The lowest BCUT2D eigenvalue weighted by molar-refractivity contribution is -0.138. The second-order valence-corrected chi connectivity index (χ2v) is 10.0. The third-order valence-corrected chi connectivity index (χ3v) is 6.84. The van der Waals surface area contributed by atoms with Crippen LogP contribution in [0.4, 0.5) is 5.82 Å². The molecule has 4 heterocycles. The lowest BCUT2D eigenvalue weighted by atomic mass is 10.0. The molecule has 38 heavy (non-hydrogen) atoms. The Labute approximate surface area is 221 Å². The van der Waals surface area contributed by atoms with Gasteiger partial charge in [0.1, 0.15) is 12.1 Å². The van der Waals surface area contributed by atoms with Gasteiger partial charge in [0.15, 0.2) is 11.5 Å². The molecule has 2 aromatic heterocycles. The van der Waals surface area contributed by atoms with Gasteiger partial charge in [0.25, 0.3) is 0 Å². The number of fused-ring (bicyclic) bond motifs is 1. The molecule has 1 saturated heterocycles. The van der Waals surface area contributed by atoms with Gasteiger partial charge in [0.2, 0.25) is 24.6 Å². The molecule has 2 unspecified atom stereocenters. The van der Waals surface area contributed by atoms with Gasteiger partial charge < -0.3 is 24.6 Å². The van der Waals surface area contributed by atoms with Crippen molar-refractivity contribution >= 4 is 17.6 Å². The van der Waals surface area contributed by atoms with Crippen LogP contribution in [0.5, 0.6) is 11.5 Å². The van der Waals surface area contributed by atoms with Gasteiger partial charge in [-0.25, -0.2) is 9.97 Å². The molecular weight excluding hydrogens is 486 g/mol. The molecular formula is C27H33N7O4. The summed E-state index contributed by atoms with van der Waals surface area (Å²) < 4.78 is 12.6. The number of carbonyl (C=O) groups excluding carboxylic acids is 2. The van der Waals surface area contributed by atoms with Crippen molar-refractivity contribution in [2.45, 2.75) is 46.2 Å². The molecule has 1 aromatic carbocycles. The fourth-order valence-electron chi connectivity index (χ4n) is 4.83. The van der Waals surface area contributed by atoms with Gasteiger partial charge in [-0.3, -0.25) is 14.2 Å². The maximum atomic E-state index is 13.2. The molecule has 0 radical (unpaired) electrons. The van der Waals surface area contributed by atoms with Crippen molar-refractivity contribution in [3.8, 4) is 17.4 Å². The third kappa shape index (κ3) is 5.41. The van der Waals surface area contributed by atoms with E-state index in [-0.39, 0.29) is 43.0 Å². The summed E-state index contributed by atoms with van der Waals surface area (Å²) in [6, 6.07) is 7.07. The molecule has 200 valence electrons. The minimum atomic E-state index is -0.297. The highest BCUT2D eigenvalue weighted by molar-refractivity contribution is 5.81. The summed E-state index contributed by atoms with van der Waals surface area (Å²) in [7, 11) is 0. The van der Waals surface area contributed by atoms with E-state index in [1.165, 1.54) is 0 Å². The van der Waals surface area contributed by atoms with Gasteiger partial charge in [-0.05, 0) is 31.5 Å². The molecule has 0 aliphatic carbocycles. The largest absolute Gasteiger partial charge is 0.454 e. The number of amides is 2. The number of nitrogens with zero attached hydrogens (tertiary/aromatic N) is 6. The maximum absolute atomic E-state index is 13.2. The number of piperazine rings is 1. The lowest BCUT2D eigenvalue weighted by Crippen LogP contribution is -2.57. The maximum Gasteiger partial charge on any atom is 0.237 e. The van der Waals surface area contributed by atoms with Crippen LogP contribution < -0.4 is 19.7 Å². The van der Waals surface area contributed by atoms with E-state index in [2.05, 4.69) is 20.2 Å². The van der Waals surface area contributed by atoms with Gasteiger partial charge in [-0.15, -0.1) is 0 Å². The molecule has 3 aromatic rings. The number of nitrogens with one attached hydrogen (secondary N) is 1. The van der Waals surface area contributed by atoms with Crippen molar-refractivity contribution in [3.63, 3.8) is 0 Å². The van der Waals surface area contributed by atoms with Gasteiger partial charge in [-0.2, -0.15) is 4.98 Å². The summed E-state index contributed by atoms with van der Waals surface area (Å²) >= 11 is 0. The average Bonchev–Trinajstić information content (AvgIpc) is 3.60. The number of rotatable bonds is 7. The highest BCUT2D eigenvalue weighted by Crippen LogP contribution is 2.34. The first-order valence-electron chi connectivity index (χ1n) is 12.9.